The van der Waals surface area contributed by atoms with Gasteiger partial charge in [-0.3, -0.25) is 9.79 Å². The topological polar surface area (TPSA) is 68.8 Å². The van der Waals surface area contributed by atoms with E-state index >= 15 is 0 Å². The molecule has 2 aromatic rings. The van der Waals surface area contributed by atoms with Crippen molar-refractivity contribution in [3.63, 3.8) is 0 Å². The lowest BCUT2D eigenvalue weighted by Gasteiger charge is -2.22. The lowest BCUT2D eigenvalue weighted by atomic mass is 10.1. The lowest BCUT2D eigenvalue weighted by molar-refractivity contribution is -0.115. The Kier molecular flexibility index (Phi) is 7.05. The Morgan fingerprint density at radius 1 is 1.17 bits per heavy atom. The van der Waals surface area contributed by atoms with E-state index in [1.807, 2.05) is 0 Å². The summed E-state index contributed by atoms with van der Waals surface area (Å²) in [4.78, 5) is 18.7. The van der Waals surface area contributed by atoms with Gasteiger partial charge in [0.2, 0.25) is 5.91 Å². The van der Waals surface area contributed by atoms with Crippen LogP contribution in [0, 0.1) is 5.82 Å². The van der Waals surface area contributed by atoms with Gasteiger partial charge in [0, 0.05) is 31.5 Å². The minimum absolute atomic E-state index is 0.0232. The number of aliphatic imine (C=N–C) groups is 1. The first kappa shape index (κ1) is 20.6. The molecule has 1 amide bonds. The maximum absolute atomic E-state index is 13.2. The highest BCUT2D eigenvalue weighted by molar-refractivity contribution is 5.95. The molecule has 7 heteroatoms. The summed E-state index contributed by atoms with van der Waals surface area (Å²) in [6, 6.07) is 14.3. The second kappa shape index (κ2) is 9.91. The lowest BCUT2D eigenvalue weighted by Crippen LogP contribution is -2.42. The van der Waals surface area contributed by atoms with E-state index in [9.17, 15) is 9.18 Å². The van der Waals surface area contributed by atoms with E-state index in [-0.39, 0.29) is 18.5 Å². The summed E-state index contributed by atoms with van der Waals surface area (Å²) in [6.45, 7) is 4.29. The number of nitrogens with one attached hydrogen (secondary N) is 3. The number of halogens is 1. The van der Waals surface area contributed by atoms with Gasteiger partial charge in [0.25, 0.3) is 0 Å². The molecule has 0 radical (unpaired) electrons. The first-order chi connectivity index (χ1) is 14.0. The number of nitrogens with zero attached hydrogens (tertiary/aromatic N) is 2. The van der Waals surface area contributed by atoms with Crippen molar-refractivity contribution < 1.29 is 9.18 Å². The molecule has 29 heavy (non-hydrogen) atoms. The second-order valence-corrected chi connectivity index (χ2v) is 7.14. The van der Waals surface area contributed by atoms with Crippen molar-refractivity contribution in [2.45, 2.75) is 25.8 Å². The van der Waals surface area contributed by atoms with Crippen LogP contribution in [-0.2, 0) is 4.79 Å². The van der Waals surface area contributed by atoms with Crippen LogP contribution in [0.5, 0.6) is 0 Å². The van der Waals surface area contributed by atoms with Crippen molar-refractivity contribution >= 4 is 23.2 Å². The minimum atomic E-state index is -0.391. The molecule has 1 unspecified atom stereocenters. The highest BCUT2D eigenvalue weighted by Gasteiger charge is 2.15. The summed E-state index contributed by atoms with van der Waals surface area (Å²) < 4.78 is 13.2. The second-order valence-electron chi connectivity index (χ2n) is 7.14. The van der Waals surface area contributed by atoms with Crippen LogP contribution in [0.2, 0.25) is 0 Å². The van der Waals surface area contributed by atoms with Crippen LogP contribution < -0.4 is 20.9 Å². The summed E-state index contributed by atoms with van der Waals surface area (Å²) in [5.41, 5.74) is 2.82. The monoisotopic (exact) mass is 397 g/mol. The molecule has 0 saturated carbocycles. The van der Waals surface area contributed by atoms with Gasteiger partial charge in [0.15, 0.2) is 5.96 Å². The van der Waals surface area contributed by atoms with Crippen molar-refractivity contribution in [3.8, 4) is 0 Å². The number of benzene rings is 2. The largest absolute Gasteiger partial charge is 0.372 e. The molecular weight excluding hydrogens is 369 g/mol. The normalized spacial score (nSPS) is 15.1. The molecular formula is C22H28FN5O. The third-order valence-corrected chi connectivity index (χ3v) is 4.94. The van der Waals surface area contributed by atoms with Crippen LogP contribution in [-0.4, -0.2) is 38.5 Å². The van der Waals surface area contributed by atoms with Crippen molar-refractivity contribution in [2.75, 3.05) is 36.9 Å². The number of anilines is 2. The molecule has 2 aromatic carbocycles. The number of hydrogen-bond donors (Lipinski definition) is 3. The van der Waals surface area contributed by atoms with Crippen LogP contribution >= 0.6 is 0 Å². The van der Waals surface area contributed by atoms with Gasteiger partial charge in [-0.2, -0.15) is 0 Å². The Hall–Kier alpha value is -3.09. The molecule has 1 atom stereocenters. The van der Waals surface area contributed by atoms with E-state index < -0.39 is 5.82 Å². The molecule has 3 rings (SSSR count). The van der Waals surface area contributed by atoms with Gasteiger partial charge >= 0.3 is 0 Å². The summed E-state index contributed by atoms with van der Waals surface area (Å²) in [7, 11) is 1.66. The van der Waals surface area contributed by atoms with Crippen LogP contribution in [0.1, 0.15) is 31.4 Å². The highest BCUT2D eigenvalue weighted by atomic mass is 19.1. The van der Waals surface area contributed by atoms with Gasteiger partial charge in [-0.05, 0) is 55.7 Å². The SMILES string of the molecule is CN=C(NCC(=O)Nc1cccc(F)c1)NC(C)c1cccc(N2CCCC2)c1. The molecule has 154 valence electrons. The molecule has 0 aromatic heterocycles. The number of carbonyl (C=O) groups is 1. The first-order valence-corrected chi connectivity index (χ1v) is 9.92. The predicted molar refractivity (Wildman–Crippen MR) is 116 cm³/mol. The van der Waals surface area contributed by atoms with E-state index in [4.69, 9.17) is 0 Å². The molecule has 6 nitrogen and oxygen atoms in total. The molecule has 1 aliphatic heterocycles. The minimum Gasteiger partial charge on any atom is -0.372 e. The zero-order chi connectivity index (χ0) is 20.6. The summed E-state index contributed by atoms with van der Waals surface area (Å²) in [6.07, 6.45) is 2.48. The fraction of sp³-hybridized carbons (Fsp3) is 0.364. The third kappa shape index (κ3) is 5.94. The van der Waals surface area contributed by atoms with Gasteiger partial charge in [-0.25, -0.2) is 4.39 Å². The Balaban J connectivity index is 1.53. The predicted octanol–water partition coefficient (Wildman–Crippen LogP) is 3.29. The molecule has 1 aliphatic rings. The molecule has 1 heterocycles. The van der Waals surface area contributed by atoms with Crippen LogP contribution in [0.4, 0.5) is 15.8 Å². The molecule has 3 N–H and O–H groups in total. The highest BCUT2D eigenvalue weighted by Crippen LogP contribution is 2.23. The van der Waals surface area contributed by atoms with Crippen molar-refractivity contribution in [1.29, 1.82) is 0 Å². The fourth-order valence-corrected chi connectivity index (χ4v) is 3.38. The summed E-state index contributed by atoms with van der Waals surface area (Å²) in [5, 5.41) is 8.96. The third-order valence-electron chi connectivity index (χ3n) is 4.94. The molecule has 0 spiro atoms. The van der Waals surface area contributed by atoms with E-state index in [1.54, 1.807) is 19.2 Å². The molecule has 0 aliphatic carbocycles. The van der Waals surface area contributed by atoms with E-state index in [0.29, 0.717) is 11.6 Å². The van der Waals surface area contributed by atoms with E-state index in [2.05, 4.69) is 57.0 Å². The Bertz CT molecular complexity index is 864. The first-order valence-electron chi connectivity index (χ1n) is 9.92. The number of hydrogen-bond acceptors (Lipinski definition) is 3. The Labute approximate surface area is 171 Å². The average molecular weight is 397 g/mol. The number of rotatable bonds is 6. The van der Waals surface area contributed by atoms with Crippen molar-refractivity contribution in [1.82, 2.24) is 10.6 Å². The maximum Gasteiger partial charge on any atom is 0.243 e. The van der Waals surface area contributed by atoms with Crippen molar-refractivity contribution in [3.05, 3.63) is 59.9 Å². The molecule has 1 saturated heterocycles. The van der Waals surface area contributed by atoms with Gasteiger partial charge in [0.05, 0.1) is 12.6 Å². The van der Waals surface area contributed by atoms with Crippen LogP contribution in [0.15, 0.2) is 53.5 Å². The number of guanidine groups is 1. The van der Waals surface area contributed by atoms with Crippen molar-refractivity contribution in [2.24, 2.45) is 4.99 Å². The molecule has 0 bridgehead atoms. The van der Waals surface area contributed by atoms with Crippen LogP contribution in [0.3, 0.4) is 0 Å². The van der Waals surface area contributed by atoms with Gasteiger partial charge < -0.3 is 20.9 Å². The van der Waals surface area contributed by atoms with Gasteiger partial charge in [-0.15, -0.1) is 0 Å². The van der Waals surface area contributed by atoms with Gasteiger partial charge in [-0.1, -0.05) is 18.2 Å². The Morgan fingerprint density at radius 3 is 2.66 bits per heavy atom. The number of amides is 1. The van der Waals surface area contributed by atoms with Crippen LogP contribution in [0.25, 0.3) is 0 Å². The summed E-state index contributed by atoms with van der Waals surface area (Å²) >= 11 is 0. The van der Waals surface area contributed by atoms with Gasteiger partial charge in [0.1, 0.15) is 5.82 Å². The fourth-order valence-electron chi connectivity index (χ4n) is 3.38. The number of carbonyl (C=O) groups excluding carboxylic acids is 1. The Morgan fingerprint density at radius 2 is 1.93 bits per heavy atom. The maximum atomic E-state index is 13.2. The molecule has 1 fully saturated rings. The summed E-state index contributed by atoms with van der Waals surface area (Å²) in [5.74, 6) is -0.140. The standard InChI is InChI=1S/C22H28FN5O/c1-16(17-7-5-10-20(13-17)28-11-3-4-12-28)26-22(24-2)25-15-21(29)27-19-9-6-8-18(23)14-19/h5-10,13-14,16H,3-4,11-12,15H2,1-2H3,(H,27,29)(H2,24,25,26). The van der Waals surface area contributed by atoms with E-state index in [0.717, 1.165) is 18.7 Å². The quantitative estimate of drug-likeness (QED) is 0.517. The van der Waals surface area contributed by atoms with E-state index in [1.165, 1.54) is 30.7 Å². The average Bonchev–Trinajstić information content (AvgIpc) is 3.26. The zero-order valence-electron chi connectivity index (χ0n) is 16.9. The smallest absolute Gasteiger partial charge is 0.243 e. The zero-order valence-corrected chi connectivity index (χ0v) is 16.9.